The molecule has 4 heteroatoms. The molecule has 0 aromatic heterocycles. The van der Waals surface area contributed by atoms with E-state index in [0.29, 0.717) is 21.2 Å². The van der Waals surface area contributed by atoms with E-state index in [9.17, 15) is 9.59 Å². The van der Waals surface area contributed by atoms with E-state index in [1.165, 1.54) is 12.2 Å². The second kappa shape index (κ2) is 9.32. The molecule has 0 atom stereocenters. The molecule has 0 radical (unpaired) electrons. The Kier molecular flexibility index (Phi) is 6.59. The molecule has 28 heavy (non-hydrogen) atoms. The smallest absolute Gasteiger partial charge is 0.185 e. The summed E-state index contributed by atoms with van der Waals surface area (Å²) in [7, 11) is 0. The van der Waals surface area contributed by atoms with Crippen LogP contribution >= 0.6 is 23.2 Å². The number of hydrogen-bond donors (Lipinski definition) is 0. The summed E-state index contributed by atoms with van der Waals surface area (Å²) in [5.74, 6) is -0.203. The summed E-state index contributed by atoms with van der Waals surface area (Å²) in [6.45, 7) is 0. The second-order valence-electron chi connectivity index (χ2n) is 6.08. The van der Waals surface area contributed by atoms with E-state index in [0.717, 1.165) is 11.1 Å². The minimum atomic E-state index is -0.101. The van der Waals surface area contributed by atoms with Gasteiger partial charge >= 0.3 is 0 Å². The van der Waals surface area contributed by atoms with Crippen LogP contribution in [0.4, 0.5) is 0 Å². The Bertz CT molecular complexity index is 964. The molecule has 0 spiro atoms. The summed E-state index contributed by atoms with van der Waals surface area (Å²) in [4.78, 5) is 24.4. The van der Waals surface area contributed by atoms with E-state index in [1.807, 2.05) is 24.3 Å². The fourth-order valence-electron chi connectivity index (χ4n) is 2.53. The highest BCUT2D eigenvalue weighted by Crippen LogP contribution is 2.14. The Balaban J connectivity index is 1.69. The predicted octanol–water partition coefficient (Wildman–Crippen LogP) is 6.79. The largest absolute Gasteiger partial charge is 0.289 e. The SMILES string of the molecule is O=C(/C=C/c1cccc(/C=C/C(=O)c2ccc(Cl)cc2)c1)c1ccc(Cl)cc1. The van der Waals surface area contributed by atoms with Crippen LogP contribution in [0.1, 0.15) is 31.8 Å². The topological polar surface area (TPSA) is 34.1 Å². The Hall–Kier alpha value is -2.94. The Labute approximate surface area is 173 Å². The molecule has 0 N–H and O–H groups in total. The molecule has 0 aliphatic rings. The molecule has 0 saturated carbocycles. The van der Waals surface area contributed by atoms with Crippen LogP contribution in [-0.2, 0) is 0 Å². The van der Waals surface area contributed by atoms with Gasteiger partial charge in [-0.25, -0.2) is 0 Å². The highest BCUT2D eigenvalue weighted by molar-refractivity contribution is 6.31. The van der Waals surface area contributed by atoms with E-state index in [1.54, 1.807) is 60.7 Å². The summed E-state index contributed by atoms with van der Waals surface area (Å²) in [5.41, 5.74) is 2.88. The van der Waals surface area contributed by atoms with Crippen molar-refractivity contribution in [3.63, 3.8) is 0 Å². The van der Waals surface area contributed by atoms with Crippen LogP contribution in [0.3, 0.4) is 0 Å². The fourth-order valence-corrected chi connectivity index (χ4v) is 2.78. The first kappa shape index (κ1) is 19.8. The molecule has 138 valence electrons. The number of ketones is 2. The quantitative estimate of drug-likeness (QED) is 0.333. The van der Waals surface area contributed by atoms with Gasteiger partial charge in [0.05, 0.1) is 0 Å². The van der Waals surface area contributed by atoms with Crippen molar-refractivity contribution >= 4 is 46.9 Å². The molecule has 3 aromatic carbocycles. The molecule has 0 amide bonds. The van der Waals surface area contributed by atoms with Gasteiger partial charge in [0.15, 0.2) is 11.6 Å². The van der Waals surface area contributed by atoms with Crippen molar-refractivity contribution in [2.75, 3.05) is 0 Å². The maximum Gasteiger partial charge on any atom is 0.185 e. The molecular formula is C24H16Cl2O2. The third kappa shape index (κ3) is 5.53. The van der Waals surface area contributed by atoms with Crippen molar-refractivity contribution in [1.82, 2.24) is 0 Å². The van der Waals surface area contributed by atoms with Gasteiger partial charge < -0.3 is 0 Å². The van der Waals surface area contributed by atoms with Gasteiger partial charge in [-0.05, 0) is 77.9 Å². The van der Waals surface area contributed by atoms with Crippen LogP contribution < -0.4 is 0 Å². The minimum Gasteiger partial charge on any atom is -0.289 e. The lowest BCUT2D eigenvalue weighted by Gasteiger charge is -1.99. The molecular weight excluding hydrogens is 391 g/mol. The lowest BCUT2D eigenvalue weighted by atomic mass is 10.1. The molecule has 2 nitrogen and oxygen atoms in total. The number of carbonyl (C=O) groups is 2. The average Bonchev–Trinajstić information content (AvgIpc) is 2.71. The monoisotopic (exact) mass is 406 g/mol. The zero-order valence-corrected chi connectivity index (χ0v) is 16.3. The van der Waals surface area contributed by atoms with Crippen LogP contribution in [0.25, 0.3) is 12.2 Å². The first-order chi connectivity index (χ1) is 13.5. The Morgan fingerprint density at radius 2 is 1.00 bits per heavy atom. The summed E-state index contributed by atoms with van der Waals surface area (Å²) < 4.78 is 0. The van der Waals surface area contributed by atoms with Crippen molar-refractivity contribution in [3.05, 3.63) is 117 Å². The number of rotatable bonds is 6. The van der Waals surface area contributed by atoms with Gasteiger partial charge in [-0.3, -0.25) is 9.59 Å². The van der Waals surface area contributed by atoms with Gasteiger partial charge in [0, 0.05) is 21.2 Å². The van der Waals surface area contributed by atoms with Gasteiger partial charge in [-0.15, -0.1) is 0 Å². The highest BCUT2D eigenvalue weighted by Gasteiger charge is 2.02. The molecule has 0 fully saturated rings. The summed E-state index contributed by atoms with van der Waals surface area (Å²) >= 11 is 11.7. The number of halogens is 2. The van der Waals surface area contributed by atoms with Crippen LogP contribution in [0.15, 0.2) is 84.9 Å². The van der Waals surface area contributed by atoms with Crippen LogP contribution in [-0.4, -0.2) is 11.6 Å². The summed E-state index contributed by atoms with van der Waals surface area (Å²) in [6, 6.07) is 21.1. The van der Waals surface area contributed by atoms with Gasteiger partial charge in [0.1, 0.15) is 0 Å². The fraction of sp³-hybridized carbons (Fsp3) is 0. The first-order valence-electron chi connectivity index (χ1n) is 8.57. The van der Waals surface area contributed by atoms with Gasteiger partial charge in [0.25, 0.3) is 0 Å². The standard InChI is InChI=1S/C24H16Cl2O2/c25-21-10-6-19(7-11-21)23(27)14-4-17-2-1-3-18(16-17)5-15-24(28)20-8-12-22(26)13-9-20/h1-16H/b14-4+,15-5+. The molecule has 0 aliphatic carbocycles. The van der Waals surface area contributed by atoms with Gasteiger partial charge in [0.2, 0.25) is 0 Å². The summed E-state index contributed by atoms with van der Waals surface area (Å²) in [6.07, 6.45) is 6.53. The van der Waals surface area contributed by atoms with Crippen molar-refractivity contribution in [2.24, 2.45) is 0 Å². The number of carbonyl (C=O) groups excluding carboxylic acids is 2. The predicted molar refractivity (Wildman–Crippen MR) is 116 cm³/mol. The maximum absolute atomic E-state index is 12.2. The van der Waals surface area contributed by atoms with E-state index >= 15 is 0 Å². The normalized spacial score (nSPS) is 11.2. The third-order valence-corrected chi connectivity index (χ3v) is 4.53. The van der Waals surface area contributed by atoms with Crippen molar-refractivity contribution in [2.45, 2.75) is 0 Å². The Morgan fingerprint density at radius 1 is 0.607 bits per heavy atom. The molecule has 0 aliphatic heterocycles. The number of hydrogen-bond acceptors (Lipinski definition) is 2. The molecule has 0 unspecified atom stereocenters. The third-order valence-electron chi connectivity index (χ3n) is 4.02. The van der Waals surface area contributed by atoms with E-state index in [-0.39, 0.29) is 11.6 Å². The van der Waals surface area contributed by atoms with Crippen molar-refractivity contribution in [3.8, 4) is 0 Å². The lowest BCUT2D eigenvalue weighted by molar-refractivity contribution is 0.103. The summed E-state index contributed by atoms with van der Waals surface area (Å²) in [5, 5.41) is 1.18. The van der Waals surface area contributed by atoms with E-state index in [2.05, 4.69) is 0 Å². The van der Waals surface area contributed by atoms with Crippen molar-refractivity contribution in [1.29, 1.82) is 0 Å². The molecule has 3 rings (SSSR count). The lowest BCUT2D eigenvalue weighted by Crippen LogP contribution is -1.93. The first-order valence-corrected chi connectivity index (χ1v) is 9.33. The van der Waals surface area contributed by atoms with Gasteiger partial charge in [-0.1, -0.05) is 53.6 Å². The minimum absolute atomic E-state index is 0.101. The van der Waals surface area contributed by atoms with E-state index in [4.69, 9.17) is 23.2 Å². The van der Waals surface area contributed by atoms with E-state index < -0.39 is 0 Å². The van der Waals surface area contributed by atoms with Gasteiger partial charge in [-0.2, -0.15) is 0 Å². The van der Waals surface area contributed by atoms with Crippen molar-refractivity contribution < 1.29 is 9.59 Å². The molecule has 0 bridgehead atoms. The number of benzene rings is 3. The van der Waals surface area contributed by atoms with Crippen LogP contribution in [0.2, 0.25) is 10.0 Å². The maximum atomic E-state index is 12.2. The average molecular weight is 407 g/mol. The molecule has 3 aromatic rings. The van der Waals surface area contributed by atoms with Crippen LogP contribution in [0, 0.1) is 0 Å². The molecule has 0 saturated heterocycles. The highest BCUT2D eigenvalue weighted by atomic mass is 35.5. The zero-order valence-electron chi connectivity index (χ0n) is 14.8. The number of allylic oxidation sites excluding steroid dienone is 2. The second-order valence-corrected chi connectivity index (χ2v) is 6.95. The van der Waals surface area contributed by atoms with Crippen LogP contribution in [0.5, 0.6) is 0 Å². The molecule has 0 heterocycles. The zero-order chi connectivity index (χ0) is 19.9. The Morgan fingerprint density at radius 3 is 1.39 bits per heavy atom.